The zero-order chi connectivity index (χ0) is 14.9. The molecule has 0 aliphatic carbocycles. The second kappa shape index (κ2) is 5.16. The van der Waals surface area contributed by atoms with Crippen molar-refractivity contribution in [3.8, 4) is 0 Å². The summed E-state index contributed by atoms with van der Waals surface area (Å²) in [4.78, 5) is 23.1. The summed E-state index contributed by atoms with van der Waals surface area (Å²) in [6.07, 6.45) is 0. The van der Waals surface area contributed by atoms with E-state index in [9.17, 15) is 9.59 Å². The number of carboxylic acid groups (broad SMARTS) is 1. The van der Waals surface area contributed by atoms with E-state index in [0.29, 0.717) is 28.2 Å². The number of benzene rings is 1. The van der Waals surface area contributed by atoms with E-state index in [1.165, 1.54) is 6.07 Å². The Bertz CT molecular complexity index is 669. The third-order valence-corrected chi connectivity index (χ3v) is 3.07. The molecule has 2 rings (SSSR count). The summed E-state index contributed by atoms with van der Waals surface area (Å²) >= 11 is 0. The molecular weight excluding hydrogens is 258 g/mol. The first-order chi connectivity index (χ1) is 9.40. The molecule has 2 aromatic rings. The molecule has 20 heavy (non-hydrogen) atoms. The van der Waals surface area contributed by atoms with Crippen LogP contribution >= 0.6 is 0 Å². The summed E-state index contributed by atoms with van der Waals surface area (Å²) < 4.78 is 0. The Morgan fingerprint density at radius 1 is 1.25 bits per heavy atom. The van der Waals surface area contributed by atoms with Crippen molar-refractivity contribution in [3.05, 3.63) is 46.3 Å². The lowest BCUT2D eigenvalue weighted by molar-refractivity contribution is 0.0696. The van der Waals surface area contributed by atoms with Gasteiger partial charge in [-0.05, 0) is 44.5 Å². The van der Waals surface area contributed by atoms with Gasteiger partial charge in [0.05, 0.1) is 16.8 Å². The van der Waals surface area contributed by atoms with Crippen LogP contribution < -0.4 is 5.32 Å². The van der Waals surface area contributed by atoms with Crippen LogP contribution in [0.4, 0.5) is 5.69 Å². The highest BCUT2D eigenvalue weighted by molar-refractivity contribution is 6.06. The van der Waals surface area contributed by atoms with Crippen molar-refractivity contribution >= 4 is 17.6 Å². The van der Waals surface area contributed by atoms with E-state index in [1.54, 1.807) is 32.9 Å². The first-order valence-corrected chi connectivity index (χ1v) is 6.07. The number of H-pyrrole nitrogens is 1. The van der Waals surface area contributed by atoms with Gasteiger partial charge in [-0.1, -0.05) is 0 Å². The Balaban J connectivity index is 2.25. The van der Waals surface area contributed by atoms with Crippen LogP contribution in [-0.2, 0) is 0 Å². The molecule has 0 aliphatic heterocycles. The second-order valence-electron chi connectivity index (χ2n) is 4.60. The number of aromatic nitrogens is 2. The first kappa shape index (κ1) is 13.8. The molecule has 6 heteroatoms. The molecule has 104 valence electrons. The highest BCUT2D eigenvalue weighted by Crippen LogP contribution is 2.17. The van der Waals surface area contributed by atoms with Crippen LogP contribution in [-0.4, -0.2) is 27.2 Å². The Morgan fingerprint density at radius 3 is 2.45 bits per heavy atom. The van der Waals surface area contributed by atoms with E-state index >= 15 is 0 Å². The van der Waals surface area contributed by atoms with Crippen molar-refractivity contribution in [3.63, 3.8) is 0 Å². The van der Waals surface area contributed by atoms with Crippen LogP contribution in [0.5, 0.6) is 0 Å². The molecular formula is C14H15N3O3. The molecule has 0 aliphatic rings. The number of nitrogens with zero attached hydrogens (tertiary/aromatic N) is 1. The summed E-state index contributed by atoms with van der Waals surface area (Å²) in [5, 5.41) is 18.4. The fraction of sp³-hybridized carbons (Fsp3) is 0.214. The van der Waals surface area contributed by atoms with Gasteiger partial charge in [0.25, 0.3) is 5.91 Å². The maximum atomic E-state index is 12.2. The normalized spacial score (nSPS) is 10.3. The maximum absolute atomic E-state index is 12.2. The van der Waals surface area contributed by atoms with Gasteiger partial charge in [-0.2, -0.15) is 5.10 Å². The van der Waals surface area contributed by atoms with Crippen LogP contribution in [0.1, 0.15) is 37.7 Å². The molecule has 0 fully saturated rings. The number of hydrogen-bond donors (Lipinski definition) is 3. The Labute approximate surface area is 115 Å². The summed E-state index contributed by atoms with van der Waals surface area (Å²) in [5.41, 5.74) is 3.19. The minimum Gasteiger partial charge on any atom is -0.478 e. The van der Waals surface area contributed by atoms with Crippen LogP contribution in [0.3, 0.4) is 0 Å². The molecule has 1 aromatic heterocycles. The predicted molar refractivity (Wildman–Crippen MR) is 74.2 cm³/mol. The molecule has 6 nitrogen and oxygen atoms in total. The quantitative estimate of drug-likeness (QED) is 0.799. The molecule has 0 atom stereocenters. The molecule has 0 saturated heterocycles. The lowest BCUT2D eigenvalue weighted by Crippen LogP contribution is -2.14. The lowest BCUT2D eigenvalue weighted by Gasteiger charge is -2.08. The summed E-state index contributed by atoms with van der Waals surface area (Å²) in [7, 11) is 0. The molecule has 1 amide bonds. The molecule has 3 N–H and O–H groups in total. The lowest BCUT2D eigenvalue weighted by atomic mass is 10.1. The molecule has 1 heterocycles. The van der Waals surface area contributed by atoms with Crippen molar-refractivity contribution in [1.29, 1.82) is 0 Å². The highest BCUT2D eigenvalue weighted by atomic mass is 16.4. The fourth-order valence-corrected chi connectivity index (χ4v) is 2.06. The SMILES string of the molecule is Cc1cc(NC(=O)c2c(C)n[nH]c2C)ccc1C(=O)O. The van der Waals surface area contributed by atoms with Crippen LogP contribution in [0, 0.1) is 20.8 Å². The van der Waals surface area contributed by atoms with Crippen LogP contribution in [0.2, 0.25) is 0 Å². The van der Waals surface area contributed by atoms with Gasteiger partial charge in [0.1, 0.15) is 0 Å². The van der Waals surface area contributed by atoms with E-state index < -0.39 is 5.97 Å². The third kappa shape index (κ3) is 2.54. The van der Waals surface area contributed by atoms with Gasteiger partial charge in [-0.25, -0.2) is 4.79 Å². The molecule has 0 spiro atoms. The summed E-state index contributed by atoms with van der Waals surface area (Å²) in [5.74, 6) is -1.25. The van der Waals surface area contributed by atoms with Gasteiger partial charge in [0.15, 0.2) is 0 Å². The van der Waals surface area contributed by atoms with Crippen molar-refractivity contribution in [2.24, 2.45) is 0 Å². The average Bonchev–Trinajstić information content (AvgIpc) is 2.68. The summed E-state index contributed by atoms with van der Waals surface area (Å²) in [6.45, 7) is 5.21. The third-order valence-electron chi connectivity index (χ3n) is 3.07. The average molecular weight is 273 g/mol. The van der Waals surface area contributed by atoms with Crippen molar-refractivity contribution in [1.82, 2.24) is 10.2 Å². The Kier molecular flexibility index (Phi) is 3.56. The van der Waals surface area contributed by atoms with E-state index in [2.05, 4.69) is 15.5 Å². The number of carbonyl (C=O) groups is 2. The number of carbonyl (C=O) groups excluding carboxylic acids is 1. The number of rotatable bonds is 3. The van der Waals surface area contributed by atoms with Gasteiger partial charge in [-0.15, -0.1) is 0 Å². The highest BCUT2D eigenvalue weighted by Gasteiger charge is 2.16. The van der Waals surface area contributed by atoms with Gasteiger partial charge in [-0.3, -0.25) is 9.89 Å². The van der Waals surface area contributed by atoms with E-state index in [1.807, 2.05) is 0 Å². The van der Waals surface area contributed by atoms with Crippen molar-refractivity contribution in [2.45, 2.75) is 20.8 Å². The van der Waals surface area contributed by atoms with Gasteiger partial charge in [0.2, 0.25) is 0 Å². The maximum Gasteiger partial charge on any atom is 0.335 e. The number of amides is 1. The number of carboxylic acids is 1. The number of aryl methyl sites for hydroxylation is 3. The van der Waals surface area contributed by atoms with E-state index in [4.69, 9.17) is 5.11 Å². The van der Waals surface area contributed by atoms with E-state index in [-0.39, 0.29) is 11.5 Å². The molecule has 0 saturated carbocycles. The molecule has 0 radical (unpaired) electrons. The number of anilines is 1. The van der Waals surface area contributed by atoms with Crippen LogP contribution in [0.15, 0.2) is 18.2 Å². The van der Waals surface area contributed by atoms with Crippen LogP contribution in [0.25, 0.3) is 0 Å². The fourth-order valence-electron chi connectivity index (χ4n) is 2.06. The van der Waals surface area contributed by atoms with Gasteiger partial charge >= 0.3 is 5.97 Å². The van der Waals surface area contributed by atoms with E-state index in [0.717, 1.165) is 0 Å². The zero-order valence-electron chi connectivity index (χ0n) is 11.4. The smallest absolute Gasteiger partial charge is 0.335 e. The van der Waals surface area contributed by atoms with Crippen molar-refractivity contribution in [2.75, 3.05) is 5.32 Å². The first-order valence-electron chi connectivity index (χ1n) is 6.07. The summed E-state index contributed by atoms with van der Waals surface area (Å²) in [6, 6.07) is 4.67. The largest absolute Gasteiger partial charge is 0.478 e. The number of aromatic carboxylic acids is 1. The molecule has 0 unspecified atom stereocenters. The number of hydrogen-bond acceptors (Lipinski definition) is 3. The predicted octanol–water partition coefficient (Wildman–Crippen LogP) is 2.29. The van der Waals surface area contributed by atoms with Crippen molar-refractivity contribution < 1.29 is 14.7 Å². The van der Waals surface area contributed by atoms with Gasteiger partial charge in [0, 0.05) is 11.4 Å². The molecule has 0 bridgehead atoms. The molecule has 1 aromatic carbocycles. The minimum atomic E-state index is -0.984. The number of aromatic amines is 1. The van der Waals surface area contributed by atoms with Gasteiger partial charge < -0.3 is 10.4 Å². The minimum absolute atomic E-state index is 0.221. The number of nitrogens with one attached hydrogen (secondary N) is 2. The monoisotopic (exact) mass is 273 g/mol. The second-order valence-corrected chi connectivity index (χ2v) is 4.60. The topological polar surface area (TPSA) is 95.1 Å². The standard InChI is InChI=1S/C14H15N3O3/c1-7-6-10(4-5-11(7)14(19)20)15-13(18)12-8(2)16-17-9(12)3/h4-6H,1-3H3,(H,15,18)(H,16,17)(H,19,20). The zero-order valence-corrected chi connectivity index (χ0v) is 11.4. The Hall–Kier alpha value is -2.63. The Morgan fingerprint density at radius 2 is 1.95 bits per heavy atom.